The summed E-state index contributed by atoms with van der Waals surface area (Å²) in [5.41, 5.74) is -0.218. The normalized spacial score (nSPS) is 16.5. The molecule has 10 heteroatoms. The molecule has 1 aliphatic rings. The molecule has 0 radical (unpaired) electrons. The lowest BCUT2D eigenvalue weighted by Crippen LogP contribution is -2.42. The van der Waals surface area contributed by atoms with E-state index in [0.29, 0.717) is 22.6 Å². The highest BCUT2D eigenvalue weighted by Gasteiger charge is 2.67. The highest BCUT2D eigenvalue weighted by Crippen LogP contribution is 2.66. The summed E-state index contributed by atoms with van der Waals surface area (Å²) in [5.74, 6) is -1.67. The topological polar surface area (TPSA) is 74.3 Å². The van der Waals surface area contributed by atoms with Crippen molar-refractivity contribution < 1.29 is 22.8 Å². The van der Waals surface area contributed by atoms with Crippen LogP contribution in [0.25, 0.3) is 0 Å². The molecule has 2 amide bonds. The van der Waals surface area contributed by atoms with Gasteiger partial charge >= 0.3 is 6.18 Å². The van der Waals surface area contributed by atoms with E-state index >= 15 is 0 Å². The van der Waals surface area contributed by atoms with E-state index < -0.39 is 23.4 Å². The Labute approximate surface area is 208 Å². The lowest BCUT2D eigenvalue weighted by atomic mass is 9.80. The van der Waals surface area contributed by atoms with Gasteiger partial charge in [0.1, 0.15) is 0 Å². The number of nitrogens with zero attached hydrogens (tertiary/aromatic N) is 2. The second kappa shape index (κ2) is 11.0. The smallest absolute Gasteiger partial charge is 0.355 e. The number of carbonyl (C=O) groups is 2. The zero-order chi connectivity index (χ0) is 25.8. The van der Waals surface area contributed by atoms with Crippen LogP contribution in [-0.2, 0) is 11.2 Å². The summed E-state index contributed by atoms with van der Waals surface area (Å²) in [6.07, 6.45) is -1.25. The van der Waals surface area contributed by atoms with Gasteiger partial charge in [0, 0.05) is 55.0 Å². The van der Waals surface area contributed by atoms with Gasteiger partial charge in [-0.15, -0.1) is 0 Å². The number of likely N-dealkylation sites (N-methyl/N-ethyl adjacent to an activating group) is 1. The zero-order valence-corrected chi connectivity index (χ0v) is 20.7. The lowest BCUT2D eigenvalue weighted by Gasteiger charge is -2.30. The van der Waals surface area contributed by atoms with Crippen LogP contribution in [0.15, 0.2) is 42.7 Å². The molecule has 0 saturated heterocycles. The third kappa shape index (κ3) is 6.32. The fourth-order valence-corrected chi connectivity index (χ4v) is 4.62. The molecule has 3 rings (SSSR count). The Kier molecular flexibility index (Phi) is 8.43. The van der Waals surface area contributed by atoms with Crippen molar-refractivity contribution in [3.05, 3.63) is 64.4 Å². The zero-order valence-electron chi connectivity index (χ0n) is 20.0. The van der Waals surface area contributed by atoms with Crippen molar-refractivity contribution in [1.82, 2.24) is 20.5 Å². The number of hydrogen-bond acceptors (Lipinski definition) is 4. The van der Waals surface area contributed by atoms with Gasteiger partial charge in [0.15, 0.2) is 0 Å². The predicted octanol–water partition coefficient (Wildman–Crippen LogP) is 4.20. The average molecular weight is 511 g/mol. The summed E-state index contributed by atoms with van der Waals surface area (Å²) >= 11 is 6.38. The molecule has 1 aromatic carbocycles. The molecule has 1 saturated carbocycles. The minimum absolute atomic E-state index is 0.00815. The minimum Gasteiger partial charge on any atom is -0.355 e. The molecule has 2 N–H and O–H groups in total. The number of hydrogen-bond donors (Lipinski definition) is 2. The maximum Gasteiger partial charge on any atom is 0.395 e. The van der Waals surface area contributed by atoms with E-state index in [2.05, 4.69) is 15.6 Å². The molecule has 190 valence electrons. The van der Waals surface area contributed by atoms with Crippen LogP contribution in [0.3, 0.4) is 0 Å². The van der Waals surface area contributed by atoms with E-state index in [1.807, 2.05) is 19.0 Å². The van der Waals surface area contributed by atoms with Gasteiger partial charge in [-0.05, 0) is 62.7 Å². The Morgan fingerprint density at radius 3 is 2.46 bits per heavy atom. The largest absolute Gasteiger partial charge is 0.395 e. The van der Waals surface area contributed by atoms with Gasteiger partial charge in [-0.25, -0.2) is 0 Å². The maximum atomic E-state index is 13.9. The summed E-state index contributed by atoms with van der Waals surface area (Å²) < 4.78 is 41.7. The summed E-state index contributed by atoms with van der Waals surface area (Å²) in [6, 6.07) is 8.07. The van der Waals surface area contributed by atoms with Gasteiger partial charge in [0.2, 0.25) is 5.91 Å². The SMILES string of the molecule is CNC(=O)c1ccc(C[C@@H](CNC(=O)CC(c2cccnc2)C2(C(F)(F)F)CC2)N(C)C)c(Cl)c1. The second-order valence-electron chi connectivity index (χ2n) is 9.21. The van der Waals surface area contributed by atoms with E-state index in [-0.39, 0.29) is 37.8 Å². The number of nitrogens with one attached hydrogen (secondary N) is 2. The molecule has 1 fully saturated rings. The molecular formula is C25H30ClF3N4O2. The summed E-state index contributed by atoms with van der Waals surface area (Å²) in [4.78, 5) is 30.5. The molecule has 0 bridgehead atoms. The minimum atomic E-state index is -4.39. The molecule has 6 nitrogen and oxygen atoms in total. The molecule has 2 atom stereocenters. The fourth-order valence-electron chi connectivity index (χ4n) is 4.36. The molecule has 2 aromatic rings. The van der Waals surface area contributed by atoms with Crippen molar-refractivity contribution in [3.63, 3.8) is 0 Å². The van der Waals surface area contributed by atoms with E-state index in [1.54, 1.807) is 30.3 Å². The Morgan fingerprint density at radius 1 is 1.23 bits per heavy atom. The predicted molar refractivity (Wildman–Crippen MR) is 128 cm³/mol. The second-order valence-corrected chi connectivity index (χ2v) is 9.62. The van der Waals surface area contributed by atoms with Gasteiger partial charge in [-0.1, -0.05) is 23.7 Å². The van der Waals surface area contributed by atoms with Crippen molar-refractivity contribution >= 4 is 23.4 Å². The average Bonchev–Trinajstić information content (AvgIpc) is 3.63. The van der Waals surface area contributed by atoms with Crippen molar-refractivity contribution in [3.8, 4) is 0 Å². The van der Waals surface area contributed by atoms with Crippen LogP contribution >= 0.6 is 11.6 Å². The van der Waals surface area contributed by atoms with Crippen LogP contribution in [0.2, 0.25) is 5.02 Å². The van der Waals surface area contributed by atoms with E-state index in [0.717, 1.165) is 5.56 Å². The number of pyridine rings is 1. The molecule has 35 heavy (non-hydrogen) atoms. The third-order valence-corrected chi connectivity index (χ3v) is 7.11. The van der Waals surface area contributed by atoms with Crippen LogP contribution in [0.1, 0.15) is 46.7 Å². The number of aromatic nitrogens is 1. The molecule has 1 heterocycles. The van der Waals surface area contributed by atoms with Gasteiger partial charge in [0.05, 0.1) is 5.41 Å². The van der Waals surface area contributed by atoms with Crippen molar-refractivity contribution in [2.75, 3.05) is 27.7 Å². The number of halogens is 4. The van der Waals surface area contributed by atoms with Crippen LogP contribution < -0.4 is 10.6 Å². The Balaban J connectivity index is 1.68. The van der Waals surface area contributed by atoms with E-state index in [4.69, 9.17) is 11.6 Å². The summed E-state index contributed by atoms with van der Waals surface area (Å²) in [5, 5.41) is 5.79. The Hall–Kier alpha value is -2.65. The highest BCUT2D eigenvalue weighted by molar-refractivity contribution is 6.31. The number of rotatable bonds is 10. The molecule has 1 aliphatic carbocycles. The Bertz CT molecular complexity index is 1040. The molecule has 1 aromatic heterocycles. The highest BCUT2D eigenvalue weighted by atomic mass is 35.5. The number of carbonyl (C=O) groups excluding carboxylic acids is 2. The van der Waals surface area contributed by atoms with Crippen LogP contribution in [0, 0.1) is 5.41 Å². The third-order valence-electron chi connectivity index (χ3n) is 6.76. The van der Waals surface area contributed by atoms with Crippen molar-refractivity contribution in [2.24, 2.45) is 5.41 Å². The van der Waals surface area contributed by atoms with Gasteiger partial charge in [-0.2, -0.15) is 13.2 Å². The number of amides is 2. The molecule has 1 unspecified atom stereocenters. The molecule has 0 aliphatic heterocycles. The monoisotopic (exact) mass is 510 g/mol. The van der Waals surface area contributed by atoms with Crippen LogP contribution in [-0.4, -0.2) is 61.6 Å². The summed E-state index contributed by atoms with van der Waals surface area (Å²) in [6.45, 7) is 0.234. The van der Waals surface area contributed by atoms with Crippen LogP contribution in [0.5, 0.6) is 0 Å². The maximum absolute atomic E-state index is 13.9. The standard InChI is InChI=1S/C25H30ClF3N4O2/c1-30-23(35)17-7-6-16(21(26)12-17)11-19(33(2)3)15-32-22(34)13-20(18-5-4-10-31-14-18)24(8-9-24)25(27,28)29/h4-7,10,12,14,19-20H,8-9,11,13,15H2,1-3H3,(H,30,35)(H,32,34)/t19-,20?/m0/s1. The van der Waals surface area contributed by atoms with E-state index in [1.165, 1.54) is 19.4 Å². The molecule has 0 spiro atoms. The first-order valence-corrected chi connectivity index (χ1v) is 11.8. The number of alkyl halides is 3. The van der Waals surface area contributed by atoms with Crippen LogP contribution in [0.4, 0.5) is 13.2 Å². The van der Waals surface area contributed by atoms with Crippen molar-refractivity contribution in [2.45, 2.75) is 43.8 Å². The first kappa shape index (κ1) is 26.9. The Morgan fingerprint density at radius 2 is 1.94 bits per heavy atom. The number of benzene rings is 1. The van der Waals surface area contributed by atoms with Crippen molar-refractivity contribution in [1.29, 1.82) is 0 Å². The van der Waals surface area contributed by atoms with Gasteiger partial charge < -0.3 is 15.5 Å². The first-order chi connectivity index (χ1) is 16.5. The van der Waals surface area contributed by atoms with Gasteiger partial charge in [-0.3, -0.25) is 14.6 Å². The quantitative estimate of drug-likeness (QED) is 0.502. The summed E-state index contributed by atoms with van der Waals surface area (Å²) in [7, 11) is 5.24. The van der Waals surface area contributed by atoms with E-state index in [9.17, 15) is 22.8 Å². The van der Waals surface area contributed by atoms with Gasteiger partial charge in [0.25, 0.3) is 5.91 Å². The molecular weight excluding hydrogens is 481 g/mol. The lowest BCUT2D eigenvalue weighted by molar-refractivity contribution is -0.194. The fraction of sp³-hybridized carbons (Fsp3) is 0.480. The first-order valence-electron chi connectivity index (χ1n) is 11.4.